The molecule has 0 unspecified atom stereocenters. The van der Waals surface area contributed by atoms with Crippen molar-refractivity contribution in [1.29, 1.82) is 0 Å². The molecule has 148 valence electrons. The lowest BCUT2D eigenvalue weighted by Gasteiger charge is -2.32. The van der Waals surface area contributed by atoms with Gasteiger partial charge in [-0.3, -0.25) is 9.69 Å². The van der Waals surface area contributed by atoms with Crippen molar-refractivity contribution < 1.29 is 18.0 Å². The van der Waals surface area contributed by atoms with E-state index >= 15 is 0 Å². The van der Waals surface area contributed by atoms with Crippen LogP contribution in [-0.4, -0.2) is 29.9 Å². The molecule has 0 saturated carbocycles. The average molecular weight is 372 g/mol. The number of hydrogen-bond donors (Lipinski definition) is 1. The maximum Gasteiger partial charge on any atom is 0.416 e. The Labute approximate surface area is 155 Å². The van der Waals surface area contributed by atoms with Crippen molar-refractivity contribution in [3.05, 3.63) is 48.0 Å². The van der Waals surface area contributed by atoms with E-state index in [1.807, 2.05) is 32.6 Å². The van der Waals surface area contributed by atoms with Gasteiger partial charge in [-0.1, -0.05) is 52.5 Å². The number of halogens is 3. The van der Waals surface area contributed by atoms with Crippen LogP contribution in [0.3, 0.4) is 0 Å². The van der Waals surface area contributed by atoms with Crippen LogP contribution in [0, 0.1) is 0 Å². The van der Waals surface area contributed by atoms with Crippen LogP contribution < -0.4 is 5.32 Å². The minimum atomic E-state index is -4.33. The number of nitrogens with zero attached hydrogens (tertiary/aromatic N) is 1. The zero-order valence-electron chi connectivity index (χ0n) is 16.2. The van der Waals surface area contributed by atoms with Crippen LogP contribution in [0.15, 0.2) is 36.9 Å². The fourth-order valence-electron chi connectivity index (χ4n) is 2.67. The first-order chi connectivity index (χ1) is 12.4. The second-order valence-corrected chi connectivity index (χ2v) is 5.42. The standard InChI is InChI=1S/C16H19F3N2O.2C2H6/c1-2-15(22)20-13-7-9-21(10-8-13)11-12-5-3-4-6-14(12)16(17,18)19;2*1-2/h2-6,13H,1,7-11H2,(H,20,22);2*1-2H3. The van der Waals surface area contributed by atoms with Gasteiger partial charge in [0.15, 0.2) is 0 Å². The van der Waals surface area contributed by atoms with Crippen molar-refractivity contribution in [1.82, 2.24) is 10.2 Å². The summed E-state index contributed by atoms with van der Waals surface area (Å²) in [7, 11) is 0. The Morgan fingerprint density at radius 3 is 2.23 bits per heavy atom. The number of likely N-dealkylation sites (tertiary alicyclic amines) is 1. The predicted octanol–water partition coefficient (Wildman–Crippen LogP) is 5.02. The van der Waals surface area contributed by atoms with Gasteiger partial charge in [-0.25, -0.2) is 0 Å². The molecular formula is C20H31F3N2O. The number of rotatable bonds is 4. The smallest absolute Gasteiger partial charge is 0.350 e. The zero-order chi connectivity index (χ0) is 20.2. The summed E-state index contributed by atoms with van der Waals surface area (Å²) < 4.78 is 38.9. The van der Waals surface area contributed by atoms with Crippen molar-refractivity contribution >= 4 is 5.91 Å². The van der Waals surface area contributed by atoms with E-state index < -0.39 is 11.7 Å². The fourth-order valence-corrected chi connectivity index (χ4v) is 2.67. The molecule has 3 nitrogen and oxygen atoms in total. The van der Waals surface area contributed by atoms with Gasteiger partial charge < -0.3 is 5.32 Å². The molecule has 1 N–H and O–H groups in total. The summed E-state index contributed by atoms with van der Waals surface area (Å²) in [6, 6.07) is 5.74. The van der Waals surface area contributed by atoms with Crippen molar-refractivity contribution in [3.8, 4) is 0 Å². The highest BCUT2D eigenvalue weighted by atomic mass is 19.4. The Morgan fingerprint density at radius 1 is 1.19 bits per heavy atom. The highest BCUT2D eigenvalue weighted by Gasteiger charge is 2.33. The van der Waals surface area contributed by atoms with Gasteiger partial charge in [0.05, 0.1) is 5.56 Å². The molecule has 26 heavy (non-hydrogen) atoms. The molecule has 1 heterocycles. The van der Waals surface area contributed by atoms with Crippen LogP contribution in [0.2, 0.25) is 0 Å². The summed E-state index contributed by atoms with van der Waals surface area (Å²) in [6.45, 7) is 13.0. The summed E-state index contributed by atoms with van der Waals surface area (Å²) in [5.74, 6) is -0.208. The van der Waals surface area contributed by atoms with Crippen LogP contribution in [0.25, 0.3) is 0 Å². The maximum absolute atomic E-state index is 13.0. The summed E-state index contributed by atoms with van der Waals surface area (Å²) >= 11 is 0. The van der Waals surface area contributed by atoms with Crippen LogP contribution in [0.1, 0.15) is 51.7 Å². The van der Waals surface area contributed by atoms with Gasteiger partial charge in [-0.05, 0) is 30.5 Å². The van der Waals surface area contributed by atoms with Crippen LogP contribution >= 0.6 is 0 Å². The topological polar surface area (TPSA) is 32.3 Å². The van der Waals surface area contributed by atoms with E-state index in [9.17, 15) is 18.0 Å². The molecule has 1 aliphatic rings. The molecule has 0 aromatic heterocycles. The molecule has 0 bridgehead atoms. The molecule has 0 spiro atoms. The van der Waals surface area contributed by atoms with Crippen LogP contribution in [0.5, 0.6) is 0 Å². The summed E-state index contributed by atoms with van der Waals surface area (Å²) in [5, 5.41) is 2.82. The molecular weight excluding hydrogens is 341 g/mol. The largest absolute Gasteiger partial charge is 0.416 e. The first-order valence-corrected chi connectivity index (χ1v) is 9.20. The van der Waals surface area contributed by atoms with E-state index in [-0.39, 0.29) is 18.5 Å². The molecule has 0 atom stereocenters. The van der Waals surface area contributed by atoms with E-state index in [2.05, 4.69) is 11.9 Å². The molecule has 1 amide bonds. The Bertz CT molecular complexity index is 536. The number of carbonyl (C=O) groups is 1. The fraction of sp³-hybridized carbons (Fsp3) is 0.550. The molecule has 6 heteroatoms. The molecule has 1 aromatic carbocycles. The molecule has 1 aromatic rings. The van der Waals surface area contributed by atoms with E-state index in [1.165, 1.54) is 18.2 Å². The normalized spacial score (nSPS) is 15.0. The van der Waals surface area contributed by atoms with Gasteiger partial charge in [0.25, 0.3) is 0 Å². The third-order valence-corrected chi connectivity index (χ3v) is 3.84. The third kappa shape index (κ3) is 8.04. The number of carbonyl (C=O) groups excluding carboxylic acids is 1. The molecule has 2 rings (SSSR count). The summed E-state index contributed by atoms with van der Waals surface area (Å²) in [4.78, 5) is 13.2. The Kier molecular flexibility index (Phi) is 11.6. The molecule has 1 saturated heterocycles. The van der Waals surface area contributed by atoms with Gasteiger partial charge in [0, 0.05) is 25.7 Å². The van der Waals surface area contributed by atoms with Crippen molar-refractivity contribution in [2.45, 2.75) is 59.3 Å². The minimum Gasteiger partial charge on any atom is -0.350 e. The molecule has 1 aliphatic heterocycles. The van der Waals surface area contributed by atoms with E-state index in [0.717, 1.165) is 18.9 Å². The van der Waals surface area contributed by atoms with Gasteiger partial charge >= 0.3 is 6.18 Å². The SMILES string of the molecule is C=CC(=O)NC1CCN(Cc2ccccc2C(F)(F)F)CC1.CC.CC. The lowest BCUT2D eigenvalue weighted by molar-refractivity contribution is -0.138. The number of nitrogens with one attached hydrogen (secondary N) is 1. The van der Waals surface area contributed by atoms with E-state index in [4.69, 9.17) is 0 Å². The first kappa shape index (κ1) is 24.2. The molecule has 0 radical (unpaired) electrons. The highest BCUT2D eigenvalue weighted by molar-refractivity contribution is 5.87. The average Bonchev–Trinajstić information content (AvgIpc) is 2.66. The minimum absolute atomic E-state index is 0.0691. The quantitative estimate of drug-likeness (QED) is 0.752. The number of hydrogen-bond acceptors (Lipinski definition) is 2. The summed E-state index contributed by atoms with van der Waals surface area (Å²) in [5.41, 5.74) is -0.277. The maximum atomic E-state index is 13.0. The lowest BCUT2D eigenvalue weighted by Crippen LogP contribution is -2.44. The van der Waals surface area contributed by atoms with Gasteiger partial charge in [0.2, 0.25) is 5.91 Å². The number of amides is 1. The number of benzene rings is 1. The number of alkyl halides is 3. The number of piperidine rings is 1. The highest BCUT2D eigenvalue weighted by Crippen LogP contribution is 2.32. The second kappa shape index (κ2) is 12.5. The van der Waals surface area contributed by atoms with Gasteiger partial charge in [-0.2, -0.15) is 13.2 Å². The lowest BCUT2D eigenvalue weighted by atomic mass is 10.0. The summed E-state index contributed by atoms with van der Waals surface area (Å²) in [6.07, 6.45) is -1.64. The van der Waals surface area contributed by atoms with Gasteiger partial charge in [0.1, 0.15) is 0 Å². The van der Waals surface area contributed by atoms with Crippen LogP contribution in [-0.2, 0) is 17.5 Å². The van der Waals surface area contributed by atoms with Crippen molar-refractivity contribution in [3.63, 3.8) is 0 Å². The predicted molar refractivity (Wildman–Crippen MR) is 101 cm³/mol. The zero-order valence-corrected chi connectivity index (χ0v) is 16.2. The monoisotopic (exact) mass is 372 g/mol. The van der Waals surface area contributed by atoms with Gasteiger partial charge in [-0.15, -0.1) is 0 Å². The molecule has 0 aliphatic carbocycles. The Balaban J connectivity index is 0.00000146. The van der Waals surface area contributed by atoms with Crippen molar-refractivity contribution in [2.24, 2.45) is 0 Å². The second-order valence-electron chi connectivity index (χ2n) is 5.42. The van der Waals surface area contributed by atoms with Crippen LogP contribution in [0.4, 0.5) is 13.2 Å². The molecule has 1 fully saturated rings. The first-order valence-electron chi connectivity index (χ1n) is 9.20. The van der Waals surface area contributed by atoms with Crippen molar-refractivity contribution in [2.75, 3.05) is 13.1 Å². The Hall–Kier alpha value is -1.82. The van der Waals surface area contributed by atoms with E-state index in [0.29, 0.717) is 18.7 Å². The van der Waals surface area contributed by atoms with E-state index in [1.54, 1.807) is 6.07 Å². The third-order valence-electron chi connectivity index (χ3n) is 3.84. The Morgan fingerprint density at radius 2 is 1.73 bits per heavy atom.